The van der Waals surface area contributed by atoms with Crippen LogP contribution in [0.4, 0.5) is 11.4 Å². The van der Waals surface area contributed by atoms with Crippen LogP contribution >= 0.6 is 27.5 Å². The Balaban J connectivity index is 2.19. The van der Waals surface area contributed by atoms with Gasteiger partial charge in [0.25, 0.3) is 0 Å². The van der Waals surface area contributed by atoms with E-state index < -0.39 is 6.04 Å². The lowest BCUT2D eigenvalue weighted by Gasteiger charge is -2.16. The topological polar surface area (TPSA) is 39.1 Å². The van der Waals surface area contributed by atoms with Gasteiger partial charge in [-0.25, -0.2) is 0 Å². The van der Waals surface area contributed by atoms with Gasteiger partial charge in [-0.1, -0.05) is 23.7 Å². The van der Waals surface area contributed by atoms with E-state index >= 15 is 0 Å². The van der Waals surface area contributed by atoms with E-state index in [4.69, 9.17) is 11.6 Å². The Bertz CT molecular complexity index is 662. The molecule has 1 unspecified atom stereocenters. The summed E-state index contributed by atoms with van der Waals surface area (Å²) in [6, 6.07) is 15.3. The number of benzene rings is 2. The first-order valence-corrected chi connectivity index (χ1v) is 7.57. The van der Waals surface area contributed by atoms with E-state index in [1.54, 1.807) is 6.07 Å². The van der Waals surface area contributed by atoms with Gasteiger partial charge in [-0.05, 0) is 51.8 Å². The summed E-state index contributed by atoms with van der Waals surface area (Å²) in [4.78, 5) is 2.02. The molecular weight excluding hydrogens is 350 g/mol. The maximum atomic E-state index is 9.38. The molecule has 0 radical (unpaired) electrons. The molecule has 0 amide bonds. The molecule has 108 valence electrons. The van der Waals surface area contributed by atoms with Crippen LogP contribution in [0.2, 0.25) is 5.02 Å². The fourth-order valence-corrected chi connectivity index (χ4v) is 2.40. The highest BCUT2D eigenvalue weighted by molar-refractivity contribution is 9.10. The molecule has 0 spiro atoms. The quantitative estimate of drug-likeness (QED) is 0.843. The summed E-state index contributed by atoms with van der Waals surface area (Å²) in [6.45, 7) is 0. The first-order chi connectivity index (χ1) is 10.0. The standard InChI is InChI=1S/C16H15BrClN3/c1-21(2)13-6-3-11(4-7-13)16(10-19)20-12-5-8-15(18)14(17)9-12/h3-9,16,20H,1-2H3. The highest BCUT2D eigenvalue weighted by Crippen LogP contribution is 2.28. The lowest BCUT2D eigenvalue weighted by Crippen LogP contribution is -2.11. The van der Waals surface area contributed by atoms with E-state index in [9.17, 15) is 5.26 Å². The van der Waals surface area contributed by atoms with Crippen molar-refractivity contribution in [2.45, 2.75) is 6.04 Å². The second kappa shape index (κ2) is 6.84. The molecule has 0 saturated heterocycles. The van der Waals surface area contributed by atoms with Crippen molar-refractivity contribution >= 4 is 38.9 Å². The zero-order valence-corrected chi connectivity index (χ0v) is 14.1. The first-order valence-electron chi connectivity index (χ1n) is 6.40. The predicted molar refractivity (Wildman–Crippen MR) is 91.9 cm³/mol. The Morgan fingerprint density at radius 3 is 2.38 bits per heavy atom. The van der Waals surface area contributed by atoms with Crippen molar-refractivity contribution in [2.24, 2.45) is 0 Å². The van der Waals surface area contributed by atoms with Crippen molar-refractivity contribution in [1.82, 2.24) is 0 Å². The SMILES string of the molecule is CN(C)c1ccc(C(C#N)Nc2ccc(Cl)c(Br)c2)cc1. The molecule has 2 rings (SSSR count). The molecule has 0 aliphatic rings. The van der Waals surface area contributed by atoms with E-state index in [0.29, 0.717) is 5.02 Å². The molecule has 2 aromatic rings. The minimum atomic E-state index is -0.408. The first kappa shape index (κ1) is 15.7. The number of anilines is 2. The normalized spacial score (nSPS) is 11.6. The summed E-state index contributed by atoms with van der Waals surface area (Å²) in [5.74, 6) is 0. The summed E-state index contributed by atoms with van der Waals surface area (Å²) in [7, 11) is 3.97. The van der Waals surface area contributed by atoms with Crippen LogP contribution in [0.25, 0.3) is 0 Å². The van der Waals surface area contributed by atoms with Gasteiger partial charge in [0.05, 0.1) is 11.1 Å². The molecule has 1 atom stereocenters. The van der Waals surface area contributed by atoms with E-state index in [-0.39, 0.29) is 0 Å². The van der Waals surface area contributed by atoms with E-state index in [1.807, 2.05) is 55.4 Å². The molecule has 1 N–H and O–H groups in total. The third kappa shape index (κ3) is 3.90. The third-order valence-electron chi connectivity index (χ3n) is 3.10. The van der Waals surface area contributed by atoms with Gasteiger partial charge in [-0.3, -0.25) is 0 Å². The lowest BCUT2D eigenvalue weighted by atomic mass is 10.1. The van der Waals surface area contributed by atoms with Crippen LogP contribution in [-0.4, -0.2) is 14.1 Å². The molecule has 0 fully saturated rings. The highest BCUT2D eigenvalue weighted by Gasteiger charge is 2.11. The summed E-state index contributed by atoms with van der Waals surface area (Å²) >= 11 is 9.35. The van der Waals surface area contributed by atoms with Gasteiger partial charge >= 0.3 is 0 Å². The summed E-state index contributed by atoms with van der Waals surface area (Å²) in [6.07, 6.45) is 0. The average molecular weight is 365 g/mol. The minimum absolute atomic E-state index is 0.408. The Morgan fingerprint density at radius 2 is 1.86 bits per heavy atom. The van der Waals surface area contributed by atoms with Crippen LogP contribution in [0.5, 0.6) is 0 Å². The number of hydrogen-bond acceptors (Lipinski definition) is 3. The summed E-state index contributed by atoms with van der Waals surface area (Å²) < 4.78 is 0.800. The minimum Gasteiger partial charge on any atom is -0.378 e. The van der Waals surface area contributed by atoms with Crippen LogP contribution < -0.4 is 10.2 Å². The molecule has 0 aromatic heterocycles. The fraction of sp³-hybridized carbons (Fsp3) is 0.188. The zero-order valence-electron chi connectivity index (χ0n) is 11.8. The van der Waals surface area contributed by atoms with Gasteiger partial charge in [0.1, 0.15) is 6.04 Å². The van der Waals surface area contributed by atoms with Gasteiger partial charge in [0, 0.05) is 29.9 Å². The fourth-order valence-electron chi connectivity index (χ4n) is 1.91. The van der Waals surface area contributed by atoms with Crippen LogP contribution in [-0.2, 0) is 0 Å². The van der Waals surface area contributed by atoms with E-state index in [0.717, 1.165) is 21.4 Å². The maximum Gasteiger partial charge on any atom is 0.140 e. The Morgan fingerprint density at radius 1 is 1.19 bits per heavy atom. The van der Waals surface area contributed by atoms with Crippen molar-refractivity contribution in [2.75, 3.05) is 24.3 Å². The Hall–Kier alpha value is -1.70. The zero-order chi connectivity index (χ0) is 15.4. The van der Waals surface area contributed by atoms with Crippen molar-refractivity contribution in [3.8, 4) is 6.07 Å². The van der Waals surface area contributed by atoms with Crippen molar-refractivity contribution in [3.63, 3.8) is 0 Å². The molecule has 3 nitrogen and oxygen atoms in total. The van der Waals surface area contributed by atoms with E-state index in [1.165, 1.54) is 0 Å². The molecule has 21 heavy (non-hydrogen) atoms. The molecule has 0 bridgehead atoms. The molecule has 0 saturated carbocycles. The van der Waals surface area contributed by atoms with Gasteiger partial charge in [0.15, 0.2) is 0 Å². The predicted octanol–water partition coefficient (Wildman–Crippen LogP) is 4.85. The molecule has 0 aliphatic carbocycles. The summed E-state index contributed by atoms with van der Waals surface area (Å²) in [5, 5.41) is 13.2. The number of nitrogens with one attached hydrogen (secondary N) is 1. The number of nitrogens with zero attached hydrogens (tertiary/aromatic N) is 2. The van der Waals surface area contributed by atoms with Gasteiger partial charge in [-0.15, -0.1) is 0 Å². The number of hydrogen-bond donors (Lipinski definition) is 1. The van der Waals surface area contributed by atoms with E-state index in [2.05, 4.69) is 27.3 Å². The van der Waals surface area contributed by atoms with Gasteiger partial charge < -0.3 is 10.2 Å². The molecular formula is C16H15BrClN3. The van der Waals surface area contributed by atoms with Crippen LogP contribution in [0.15, 0.2) is 46.9 Å². The second-order valence-electron chi connectivity index (χ2n) is 4.82. The van der Waals surface area contributed by atoms with Gasteiger partial charge in [-0.2, -0.15) is 5.26 Å². The van der Waals surface area contributed by atoms with Crippen molar-refractivity contribution in [1.29, 1.82) is 5.26 Å². The number of halogens is 2. The summed E-state index contributed by atoms with van der Waals surface area (Å²) in [5.41, 5.74) is 2.87. The molecule has 0 heterocycles. The maximum absolute atomic E-state index is 9.38. The lowest BCUT2D eigenvalue weighted by molar-refractivity contribution is 0.995. The Labute approximate surface area is 138 Å². The monoisotopic (exact) mass is 363 g/mol. The van der Waals surface area contributed by atoms with Crippen molar-refractivity contribution < 1.29 is 0 Å². The molecule has 5 heteroatoms. The smallest absolute Gasteiger partial charge is 0.140 e. The average Bonchev–Trinajstić information content (AvgIpc) is 2.48. The Kier molecular flexibility index (Phi) is 5.11. The largest absolute Gasteiger partial charge is 0.378 e. The molecule has 2 aromatic carbocycles. The van der Waals surface area contributed by atoms with Crippen LogP contribution in [0.1, 0.15) is 11.6 Å². The van der Waals surface area contributed by atoms with Crippen LogP contribution in [0.3, 0.4) is 0 Å². The number of nitriles is 1. The number of rotatable bonds is 4. The van der Waals surface area contributed by atoms with Crippen molar-refractivity contribution in [3.05, 3.63) is 57.5 Å². The highest BCUT2D eigenvalue weighted by atomic mass is 79.9. The second-order valence-corrected chi connectivity index (χ2v) is 6.08. The van der Waals surface area contributed by atoms with Gasteiger partial charge in [0.2, 0.25) is 0 Å². The third-order valence-corrected chi connectivity index (χ3v) is 4.32. The molecule has 0 aliphatic heterocycles. The van der Waals surface area contributed by atoms with Crippen LogP contribution in [0, 0.1) is 11.3 Å².